The molecule has 0 saturated heterocycles. The van der Waals surface area contributed by atoms with Crippen LogP contribution in [0.2, 0.25) is 0 Å². The molecule has 0 aliphatic carbocycles. The van der Waals surface area contributed by atoms with Gasteiger partial charge in [-0.1, -0.05) is 108 Å². The Labute approximate surface area is 281 Å². The maximum Gasteiger partial charge on any atom is 0.417 e. The molecule has 2 aromatic heterocycles. The van der Waals surface area contributed by atoms with Crippen molar-refractivity contribution >= 4 is 21.8 Å². The van der Waals surface area contributed by atoms with Gasteiger partial charge in [0.05, 0.1) is 22.3 Å². The molecule has 7 heteroatoms. The monoisotopic (exact) mass is 646 g/mol. The maximum absolute atomic E-state index is 14.3. The molecule has 0 N–H and O–H groups in total. The molecule has 6 aromatic carbocycles. The summed E-state index contributed by atoms with van der Waals surface area (Å²) in [4.78, 5) is 14.9. The Morgan fingerprint density at radius 2 is 0.980 bits per heavy atom. The van der Waals surface area contributed by atoms with Crippen LogP contribution in [0.25, 0.3) is 72.8 Å². The highest BCUT2D eigenvalue weighted by molar-refractivity contribution is 6.10. The molecule has 0 fully saturated rings. The van der Waals surface area contributed by atoms with E-state index >= 15 is 0 Å². The van der Waals surface area contributed by atoms with Crippen LogP contribution in [0.1, 0.15) is 16.7 Å². The number of nitrogens with zero attached hydrogens (tertiary/aromatic N) is 4. The highest BCUT2D eigenvalue weighted by Crippen LogP contribution is 2.41. The second-order valence-electron chi connectivity index (χ2n) is 12.2. The first-order valence-electron chi connectivity index (χ1n) is 15.9. The van der Waals surface area contributed by atoms with Crippen molar-refractivity contribution in [3.63, 3.8) is 0 Å². The predicted octanol–water partition coefficient (Wildman–Crippen LogP) is 11.3. The second-order valence-corrected chi connectivity index (χ2v) is 12.2. The van der Waals surface area contributed by atoms with Gasteiger partial charge in [0.2, 0.25) is 0 Å². The Morgan fingerprint density at radius 3 is 1.53 bits per heavy atom. The maximum atomic E-state index is 14.3. The Morgan fingerprint density at radius 1 is 0.469 bits per heavy atom. The molecule has 0 bridgehead atoms. The molecule has 8 rings (SSSR count). The first kappa shape index (κ1) is 30.3. The number of hydrogen-bond acceptors (Lipinski definition) is 3. The van der Waals surface area contributed by atoms with Gasteiger partial charge >= 0.3 is 6.18 Å². The van der Waals surface area contributed by atoms with Crippen LogP contribution in [0, 0.1) is 13.8 Å². The highest BCUT2D eigenvalue weighted by atomic mass is 19.4. The van der Waals surface area contributed by atoms with E-state index in [0.29, 0.717) is 34.3 Å². The van der Waals surface area contributed by atoms with Crippen molar-refractivity contribution in [2.75, 3.05) is 0 Å². The number of alkyl halides is 3. The van der Waals surface area contributed by atoms with Gasteiger partial charge in [0, 0.05) is 27.5 Å². The predicted molar refractivity (Wildman–Crippen MR) is 190 cm³/mol. The topological polar surface area (TPSA) is 43.6 Å². The summed E-state index contributed by atoms with van der Waals surface area (Å²) in [5, 5.41) is 2.10. The molecule has 49 heavy (non-hydrogen) atoms. The third-order valence-corrected chi connectivity index (χ3v) is 8.80. The molecule has 238 valence electrons. The summed E-state index contributed by atoms with van der Waals surface area (Å²) in [6, 6.07) is 43.0. The zero-order valence-electron chi connectivity index (χ0n) is 26.7. The van der Waals surface area contributed by atoms with Crippen LogP contribution in [0.3, 0.4) is 0 Å². The van der Waals surface area contributed by atoms with Gasteiger partial charge in [0.15, 0.2) is 17.5 Å². The average molecular weight is 647 g/mol. The highest BCUT2D eigenvalue weighted by Gasteiger charge is 2.33. The van der Waals surface area contributed by atoms with E-state index in [2.05, 4.69) is 54.8 Å². The molecule has 0 saturated carbocycles. The average Bonchev–Trinajstić information content (AvgIpc) is 3.44. The van der Waals surface area contributed by atoms with Crippen LogP contribution in [0.4, 0.5) is 13.2 Å². The Bertz CT molecular complexity index is 2380. The normalized spacial score (nSPS) is 11.8. The number of fused-ring (bicyclic) bond motifs is 3. The molecule has 8 aromatic rings. The Hall–Kier alpha value is -6.08. The van der Waals surface area contributed by atoms with Crippen LogP contribution in [-0.4, -0.2) is 19.5 Å². The number of halogens is 3. The number of aromatic nitrogens is 4. The van der Waals surface area contributed by atoms with Crippen molar-refractivity contribution in [2.24, 2.45) is 0 Å². The van der Waals surface area contributed by atoms with Gasteiger partial charge < -0.3 is 4.57 Å². The minimum atomic E-state index is -4.53. The van der Waals surface area contributed by atoms with Gasteiger partial charge in [0.25, 0.3) is 0 Å². The third-order valence-electron chi connectivity index (χ3n) is 8.80. The summed E-state index contributed by atoms with van der Waals surface area (Å²) >= 11 is 0. The molecule has 0 aliphatic rings. The van der Waals surface area contributed by atoms with Gasteiger partial charge in [-0.3, -0.25) is 0 Å². The van der Waals surface area contributed by atoms with E-state index in [4.69, 9.17) is 15.0 Å². The van der Waals surface area contributed by atoms with E-state index in [-0.39, 0.29) is 5.56 Å². The lowest BCUT2D eigenvalue weighted by atomic mass is 9.97. The first-order chi connectivity index (χ1) is 23.7. The molecule has 0 aliphatic heterocycles. The number of benzene rings is 6. The summed E-state index contributed by atoms with van der Waals surface area (Å²) in [6.45, 7) is 4.11. The second kappa shape index (κ2) is 11.9. The van der Waals surface area contributed by atoms with Crippen molar-refractivity contribution < 1.29 is 13.2 Å². The minimum Gasteiger partial charge on any atom is -0.308 e. The number of hydrogen-bond donors (Lipinski definition) is 0. The van der Waals surface area contributed by atoms with E-state index in [0.717, 1.165) is 50.1 Å². The molecule has 0 unspecified atom stereocenters. The van der Waals surface area contributed by atoms with Crippen LogP contribution in [0.5, 0.6) is 0 Å². The zero-order chi connectivity index (χ0) is 33.7. The molecule has 2 heterocycles. The van der Waals surface area contributed by atoms with Crippen molar-refractivity contribution in [1.29, 1.82) is 0 Å². The molecule has 0 atom stereocenters. The first-order valence-corrected chi connectivity index (χ1v) is 15.9. The lowest BCUT2D eigenvalue weighted by Gasteiger charge is -2.18. The quantitative estimate of drug-likeness (QED) is 0.187. The molecule has 4 nitrogen and oxygen atoms in total. The van der Waals surface area contributed by atoms with Crippen molar-refractivity contribution in [1.82, 2.24) is 19.5 Å². The van der Waals surface area contributed by atoms with Crippen molar-refractivity contribution in [2.45, 2.75) is 20.0 Å². The van der Waals surface area contributed by atoms with Crippen LogP contribution in [-0.2, 0) is 6.18 Å². The molecule has 0 radical (unpaired) electrons. The van der Waals surface area contributed by atoms with Gasteiger partial charge in [0.1, 0.15) is 0 Å². The Balaban J connectivity index is 1.47. The fourth-order valence-corrected chi connectivity index (χ4v) is 6.49. The van der Waals surface area contributed by atoms with Crippen molar-refractivity contribution in [3.05, 3.63) is 156 Å². The van der Waals surface area contributed by atoms with Gasteiger partial charge in [-0.15, -0.1) is 0 Å². The summed E-state index contributed by atoms with van der Waals surface area (Å²) in [5.74, 6) is 1.40. The standard InChI is InChI=1S/C42H29F3N4/c1-26-17-21-36-33(23-26)34-24-27(2)18-22-37(34)49(36)38-25-30(31-15-9-10-16-35(31)42(43,44)45)19-20-32(38)41-47-39(28-11-5-3-6-12-28)46-40(48-41)29-13-7-4-8-14-29/h3-25H,1-2H3. The summed E-state index contributed by atoms with van der Waals surface area (Å²) in [7, 11) is 0. The molecular weight excluding hydrogens is 617 g/mol. The van der Waals surface area contributed by atoms with Crippen LogP contribution in [0.15, 0.2) is 140 Å². The minimum absolute atomic E-state index is 0.0980. The van der Waals surface area contributed by atoms with E-state index in [1.807, 2.05) is 72.8 Å². The molecule has 0 spiro atoms. The SMILES string of the molecule is Cc1ccc2c(c1)c1cc(C)ccc1n2-c1cc(-c2ccccc2C(F)(F)F)ccc1-c1nc(-c2ccccc2)nc(-c2ccccc2)n1. The van der Waals surface area contributed by atoms with Gasteiger partial charge in [-0.25, -0.2) is 15.0 Å². The molecular formula is C42H29F3N4. The molecule has 0 amide bonds. The fourth-order valence-electron chi connectivity index (χ4n) is 6.49. The lowest BCUT2D eigenvalue weighted by Crippen LogP contribution is -2.07. The van der Waals surface area contributed by atoms with Gasteiger partial charge in [-0.2, -0.15) is 13.2 Å². The fraction of sp³-hybridized carbons (Fsp3) is 0.0714. The number of aryl methyl sites for hydroxylation is 2. The third kappa shape index (κ3) is 5.53. The summed E-state index contributed by atoms with van der Waals surface area (Å²) < 4.78 is 45.1. The van der Waals surface area contributed by atoms with Crippen LogP contribution >= 0.6 is 0 Å². The van der Waals surface area contributed by atoms with Gasteiger partial charge in [-0.05, 0) is 67.4 Å². The largest absolute Gasteiger partial charge is 0.417 e. The van der Waals surface area contributed by atoms with E-state index in [1.165, 1.54) is 12.1 Å². The summed E-state index contributed by atoms with van der Waals surface area (Å²) in [6.07, 6.45) is -4.53. The van der Waals surface area contributed by atoms with E-state index < -0.39 is 11.7 Å². The van der Waals surface area contributed by atoms with E-state index in [1.54, 1.807) is 12.1 Å². The van der Waals surface area contributed by atoms with Crippen LogP contribution < -0.4 is 0 Å². The lowest BCUT2D eigenvalue weighted by molar-refractivity contribution is -0.137. The number of rotatable bonds is 5. The zero-order valence-corrected chi connectivity index (χ0v) is 26.7. The van der Waals surface area contributed by atoms with Crippen molar-refractivity contribution in [3.8, 4) is 51.0 Å². The Kier molecular flexibility index (Phi) is 7.33. The van der Waals surface area contributed by atoms with E-state index in [9.17, 15) is 13.2 Å². The summed E-state index contributed by atoms with van der Waals surface area (Å²) in [5.41, 5.74) is 6.87. The smallest absolute Gasteiger partial charge is 0.308 e.